The minimum Gasteiger partial charge on any atom is -0.427 e. The molecule has 1 aromatic carbocycles. The van der Waals surface area contributed by atoms with Gasteiger partial charge in [-0.05, 0) is 38.3 Å². The third kappa shape index (κ3) is 4.89. The SMILES string of the molecule is COCc1c([B]OC(C)(C)C(C)(C)O)ccc([Si](C)(C)C)c1F. The van der Waals surface area contributed by atoms with Gasteiger partial charge in [0.1, 0.15) is 5.82 Å². The summed E-state index contributed by atoms with van der Waals surface area (Å²) in [5.74, 6) is -0.204. The first-order valence-electron chi connectivity index (χ1n) is 7.85. The Labute approximate surface area is 141 Å². The largest absolute Gasteiger partial charge is 0.427 e. The quantitative estimate of drug-likeness (QED) is 0.775. The number of hydrogen-bond acceptors (Lipinski definition) is 3. The summed E-state index contributed by atoms with van der Waals surface area (Å²) < 4.78 is 25.8. The first kappa shape index (κ1) is 20.4. The Morgan fingerprint density at radius 1 is 1.17 bits per heavy atom. The minimum absolute atomic E-state index is 0.183. The average Bonchev–Trinajstić information content (AvgIpc) is 2.36. The lowest BCUT2D eigenvalue weighted by Crippen LogP contribution is -2.50. The number of aliphatic hydroxyl groups is 1. The molecule has 0 fully saturated rings. The minimum atomic E-state index is -1.78. The van der Waals surface area contributed by atoms with E-state index in [-0.39, 0.29) is 12.4 Å². The van der Waals surface area contributed by atoms with Crippen LogP contribution in [0.3, 0.4) is 0 Å². The monoisotopic (exact) mass is 339 g/mol. The molecule has 0 unspecified atom stereocenters. The van der Waals surface area contributed by atoms with Crippen LogP contribution in [0, 0.1) is 5.82 Å². The molecule has 0 saturated carbocycles. The summed E-state index contributed by atoms with van der Waals surface area (Å²) in [6.45, 7) is 13.5. The van der Waals surface area contributed by atoms with Gasteiger partial charge in [0.15, 0.2) is 0 Å². The Kier molecular flexibility index (Phi) is 6.24. The molecule has 1 radical (unpaired) electrons. The molecule has 0 aromatic heterocycles. The van der Waals surface area contributed by atoms with Crippen LogP contribution < -0.4 is 10.6 Å². The summed E-state index contributed by atoms with van der Waals surface area (Å²) in [7, 11) is 1.29. The molecule has 0 aliphatic carbocycles. The van der Waals surface area contributed by atoms with Crippen LogP contribution in [0.25, 0.3) is 0 Å². The Morgan fingerprint density at radius 2 is 1.74 bits per heavy atom. The summed E-state index contributed by atoms with van der Waals surface area (Å²) in [6.07, 6.45) is 0. The van der Waals surface area contributed by atoms with Crippen LogP contribution in [0.2, 0.25) is 19.6 Å². The second-order valence-corrected chi connectivity index (χ2v) is 13.0. The number of hydrogen-bond donors (Lipinski definition) is 1. The highest BCUT2D eigenvalue weighted by atomic mass is 28.3. The molecule has 0 heterocycles. The van der Waals surface area contributed by atoms with Gasteiger partial charge in [0.25, 0.3) is 0 Å². The third-order valence-electron chi connectivity index (χ3n) is 4.33. The zero-order valence-electron chi connectivity index (χ0n) is 15.6. The summed E-state index contributed by atoms with van der Waals surface area (Å²) in [5.41, 5.74) is -0.685. The molecule has 1 N–H and O–H groups in total. The van der Waals surface area contributed by atoms with Gasteiger partial charge in [-0.1, -0.05) is 31.8 Å². The fraction of sp³-hybridized carbons (Fsp3) is 0.647. The van der Waals surface area contributed by atoms with Gasteiger partial charge < -0.3 is 14.5 Å². The van der Waals surface area contributed by atoms with E-state index in [1.165, 1.54) is 7.48 Å². The molecular weight excluding hydrogens is 310 g/mol. The number of ether oxygens (including phenoxy) is 1. The van der Waals surface area contributed by atoms with Crippen molar-refractivity contribution >= 4 is 26.2 Å². The van der Waals surface area contributed by atoms with Gasteiger partial charge in [0, 0.05) is 12.7 Å². The van der Waals surface area contributed by atoms with Gasteiger partial charge in [-0.3, -0.25) is 0 Å². The van der Waals surface area contributed by atoms with Crippen molar-refractivity contribution in [3.63, 3.8) is 0 Å². The normalized spacial score (nSPS) is 13.3. The standard InChI is InChI=1S/C17H29BFO3Si/c1-16(2,20)17(3,4)22-18-13-9-10-14(23(6,7)8)15(19)12(13)11-21-5/h9-10,20H,11H2,1-8H3. The molecule has 23 heavy (non-hydrogen) atoms. The maximum absolute atomic E-state index is 14.9. The fourth-order valence-corrected chi connectivity index (χ4v) is 3.36. The Hall–Kier alpha value is -0.688. The summed E-state index contributed by atoms with van der Waals surface area (Å²) >= 11 is 0. The first-order chi connectivity index (χ1) is 10.3. The lowest BCUT2D eigenvalue weighted by molar-refractivity contribution is -0.0893. The smallest absolute Gasteiger partial charge is 0.331 e. The van der Waals surface area contributed by atoms with Crippen molar-refractivity contribution in [1.29, 1.82) is 0 Å². The maximum Gasteiger partial charge on any atom is 0.331 e. The topological polar surface area (TPSA) is 38.7 Å². The fourth-order valence-electron chi connectivity index (χ4n) is 1.97. The molecule has 0 atom stereocenters. The summed E-state index contributed by atoms with van der Waals surface area (Å²) in [4.78, 5) is 0. The van der Waals surface area contributed by atoms with Crippen LogP contribution in [0.5, 0.6) is 0 Å². The summed E-state index contributed by atoms with van der Waals surface area (Å²) in [6, 6.07) is 3.71. The van der Waals surface area contributed by atoms with Crippen LogP contribution in [-0.2, 0) is 16.0 Å². The molecule has 0 bridgehead atoms. The molecule has 6 heteroatoms. The van der Waals surface area contributed by atoms with Gasteiger partial charge in [0.2, 0.25) is 0 Å². The molecule has 1 aromatic rings. The first-order valence-corrected chi connectivity index (χ1v) is 11.4. The van der Waals surface area contributed by atoms with E-state index in [2.05, 4.69) is 19.6 Å². The average molecular weight is 339 g/mol. The molecule has 129 valence electrons. The molecule has 0 aliphatic heterocycles. The second kappa shape index (κ2) is 7.05. The molecular formula is C17H29BFO3Si. The maximum atomic E-state index is 14.9. The molecule has 1 rings (SSSR count). The van der Waals surface area contributed by atoms with Gasteiger partial charge in [0.05, 0.1) is 25.9 Å². The molecule has 0 saturated heterocycles. The number of halogens is 1. The van der Waals surface area contributed by atoms with Gasteiger partial charge in [-0.2, -0.15) is 0 Å². The predicted octanol–water partition coefficient (Wildman–Crippen LogP) is 2.33. The van der Waals surface area contributed by atoms with Crippen LogP contribution in [0.4, 0.5) is 4.39 Å². The Morgan fingerprint density at radius 3 is 2.17 bits per heavy atom. The zero-order valence-corrected chi connectivity index (χ0v) is 16.6. The Bertz CT molecular complexity index is 548. The van der Waals surface area contributed by atoms with Crippen molar-refractivity contribution in [3.8, 4) is 0 Å². The lowest BCUT2D eigenvalue weighted by atomic mass is 9.80. The number of methoxy groups -OCH3 is 1. The van der Waals surface area contributed by atoms with Crippen LogP contribution in [0.1, 0.15) is 33.3 Å². The van der Waals surface area contributed by atoms with E-state index in [4.69, 9.17) is 9.39 Å². The molecule has 3 nitrogen and oxygen atoms in total. The molecule has 0 aliphatic rings. The van der Waals surface area contributed by atoms with Crippen molar-refractivity contribution in [2.75, 3.05) is 7.11 Å². The van der Waals surface area contributed by atoms with E-state index in [1.807, 2.05) is 12.1 Å². The predicted molar refractivity (Wildman–Crippen MR) is 96.9 cm³/mol. The van der Waals surface area contributed by atoms with Crippen molar-refractivity contribution in [1.82, 2.24) is 0 Å². The highest BCUT2D eigenvalue weighted by Gasteiger charge is 2.36. The van der Waals surface area contributed by atoms with E-state index in [1.54, 1.807) is 34.8 Å². The van der Waals surface area contributed by atoms with Crippen molar-refractivity contribution in [3.05, 3.63) is 23.5 Å². The molecule has 0 spiro atoms. The second-order valence-electron chi connectivity index (χ2n) is 7.98. The lowest BCUT2D eigenvalue weighted by Gasteiger charge is -2.37. The molecule has 0 amide bonds. The van der Waals surface area contributed by atoms with Crippen molar-refractivity contribution in [2.24, 2.45) is 0 Å². The van der Waals surface area contributed by atoms with Gasteiger partial charge >= 0.3 is 7.48 Å². The summed E-state index contributed by atoms with van der Waals surface area (Å²) in [5, 5.41) is 10.9. The van der Waals surface area contributed by atoms with Crippen LogP contribution in [0.15, 0.2) is 12.1 Å². The van der Waals surface area contributed by atoms with Crippen molar-refractivity contribution in [2.45, 2.75) is 65.1 Å². The number of benzene rings is 1. The third-order valence-corrected chi connectivity index (χ3v) is 6.33. The van der Waals surface area contributed by atoms with Crippen LogP contribution in [-0.4, -0.2) is 39.0 Å². The van der Waals surface area contributed by atoms with Gasteiger partial charge in [-0.15, -0.1) is 0 Å². The van der Waals surface area contributed by atoms with E-state index in [0.29, 0.717) is 11.0 Å². The van der Waals surface area contributed by atoms with E-state index in [9.17, 15) is 9.50 Å². The zero-order chi connectivity index (χ0) is 18.1. The van der Waals surface area contributed by atoms with E-state index >= 15 is 0 Å². The van der Waals surface area contributed by atoms with Gasteiger partial charge in [-0.25, -0.2) is 4.39 Å². The Balaban J connectivity index is 3.15. The van der Waals surface area contributed by atoms with E-state index < -0.39 is 19.3 Å². The van der Waals surface area contributed by atoms with E-state index in [0.717, 1.165) is 5.19 Å². The highest BCUT2D eigenvalue weighted by Crippen LogP contribution is 2.24. The highest BCUT2D eigenvalue weighted by molar-refractivity contribution is 6.88. The number of rotatable bonds is 7. The van der Waals surface area contributed by atoms with Crippen molar-refractivity contribution < 1.29 is 18.9 Å². The van der Waals surface area contributed by atoms with Crippen LogP contribution >= 0.6 is 0 Å².